The lowest BCUT2D eigenvalue weighted by Crippen LogP contribution is -2.47. The number of anilines is 1. The zero-order valence-electron chi connectivity index (χ0n) is 26.1. The number of azide groups is 1. The van der Waals surface area contributed by atoms with Crippen LogP contribution in [0.3, 0.4) is 0 Å². The van der Waals surface area contributed by atoms with Gasteiger partial charge in [-0.3, -0.25) is 18.7 Å². The summed E-state index contributed by atoms with van der Waals surface area (Å²) in [6, 6.07) is -1.27. The maximum absolute atomic E-state index is 14.1. The molecular weight excluding hydrogens is 603 g/mol. The van der Waals surface area contributed by atoms with Crippen LogP contribution in [0.5, 0.6) is 0 Å². The summed E-state index contributed by atoms with van der Waals surface area (Å²) in [6.07, 6.45) is -4.35. The molecule has 1 aromatic heterocycles. The van der Waals surface area contributed by atoms with E-state index in [1.165, 1.54) is 19.9 Å². The van der Waals surface area contributed by atoms with E-state index in [0.717, 1.165) is 10.8 Å². The number of ether oxygens (including phenoxy) is 3. The summed E-state index contributed by atoms with van der Waals surface area (Å²) in [5, 5.41) is 30.0. The van der Waals surface area contributed by atoms with E-state index in [9.17, 15) is 34.7 Å². The van der Waals surface area contributed by atoms with Crippen molar-refractivity contribution in [3.05, 3.63) is 33.2 Å². The number of nitrogens with two attached hydrogens (primary N) is 1. The number of esters is 2. The monoisotopic (exact) mass is 646 g/mol. The minimum absolute atomic E-state index is 0.0463. The number of aliphatic hydroxyl groups is 2. The second-order valence-corrected chi connectivity index (χ2v) is 14.8. The zero-order chi connectivity index (χ0) is 33.7. The normalized spacial score (nSPS) is 23.8. The molecular formula is C25H43N8O10P. The molecule has 6 N–H and O–H groups in total. The minimum atomic E-state index is -4.50. The van der Waals surface area contributed by atoms with Crippen LogP contribution < -0.4 is 21.6 Å². The fourth-order valence-electron chi connectivity index (χ4n) is 3.65. The van der Waals surface area contributed by atoms with Crippen LogP contribution >= 0.6 is 7.67 Å². The highest BCUT2D eigenvalue weighted by atomic mass is 31.2. The molecule has 1 fully saturated rings. The maximum atomic E-state index is 14.1. The average Bonchev–Trinajstić information content (AvgIpc) is 3.14. The van der Waals surface area contributed by atoms with E-state index in [1.807, 2.05) is 41.5 Å². The number of hydrogen-bond donors (Lipinski definition) is 5. The number of hydrogen-bond acceptors (Lipinski definition) is 13. The molecule has 2 heterocycles. The summed E-state index contributed by atoms with van der Waals surface area (Å²) in [5.74, 6) is -1.70. The van der Waals surface area contributed by atoms with Gasteiger partial charge in [0.1, 0.15) is 30.1 Å². The first-order valence-corrected chi connectivity index (χ1v) is 15.3. The molecule has 19 heteroatoms. The fourth-order valence-corrected chi connectivity index (χ4v) is 5.48. The molecule has 0 radical (unpaired) electrons. The van der Waals surface area contributed by atoms with Crippen LogP contribution in [0, 0.1) is 10.8 Å². The third kappa shape index (κ3) is 10.2. The van der Waals surface area contributed by atoms with Crippen molar-refractivity contribution in [1.82, 2.24) is 19.7 Å². The molecule has 1 unspecified atom stereocenters. The standard InChI is InChI=1S/C25H43N8O10P/c1-14(20(36)40-11-23(3,4)5)29-44(39,30-15(2)21(37)41-12-24(6,7)8)42-13-25(31-32-27)18(35)17(34)19(43-25)33-10-9-16(26)28-22(33)38/h9-10,14-15,17-19,34-35H,11-13H2,1-8H3,(H2,26,28,38)(H2,29,30,39)/t14-,15-,17+,18-,19+,25?/m0/s1. The predicted octanol–water partition coefficient (Wildman–Crippen LogP) is 1.34. The number of aliphatic hydroxyl groups excluding tert-OH is 2. The van der Waals surface area contributed by atoms with Crippen LogP contribution in [-0.2, 0) is 32.9 Å². The van der Waals surface area contributed by atoms with Crippen LogP contribution in [0.2, 0.25) is 0 Å². The summed E-state index contributed by atoms with van der Waals surface area (Å²) >= 11 is 0. The zero-order valence-corrected chi connectivity index (χ0v) is 27.0. The van der Waals surface area contributed by atoms with Gasteiger partial charge < -0.3 is 34.7 Å². The smallest absolute Gasteiger partial charge is 0.351 e. The third-order valence-corrected chi connectivity index (χ3v) is 7.87. The highest BCUT2D eigenvalue weighted by molar-refractivity contribution is 7.54. The molecule has 0 spiro atoms. The predicted molar refractivity (Wildman–Crippen MR) is 157 cm³/mol. The van der Waals surface area contributed by atoms with Crippen molar-refractivity contribution in [2.24, 2.45) is 15.9 Å². The van der Waals surface area contributed by atoms with Crippen molar-refractivity contribution >= 4 is 25.4 Å². The van der Waals surface area contributed by atoms with Crippen LogP contribution in [0.1, 0.15) is 61.6 Å². The molecule has 0 amide bonds. The number of carbonyl (C=O) groups excluding carboxylic acids is 2. The van der Waals surface area contributed by atoms with Gasteiger partial charge in [-0.2, -0.15) is 4.98 Å². The SMILES string of the molecule is C[C@H](NP(=O)(N[C@@H](C)C(=O)OCC(C)(C)C)OCC1(N=[N+]=[N-])O[C@@H](n2ccc(N)nc2=O)[C@H](O)[C@@H]1O)C(=O)OCC(C)(C)C. The van der Waals surface area contributed by atoms with Crippen molar-refractivity contribution in [2.45, 2.75) is 91.6 Å². The first-order valence-electron chi connectivity index (χ1n) is 13.7. The third-order valence-electron chi connectivity index (χ3n) is 5.92. The van der Waals surface area contributed by atoms with Crippen LogP contribution in [-0.4, -0.2) is 81.5 Å². The average molecular weight is 647 g/mol. The van der Waals surface area contributed by atoms with E-state index in [4.69, 9.17) is 24.5 Å². The Balaban J connectivity index is 2.37. The Bertz CT molecular complexity index is 1300. The quantitative estimate of drug-likeness (QED) is 0.0666. The first-order chi connectivity index (χ1) is 20.1. The summed E-state index contributed by atoms with van der Waals surface area (Å²) in [6.45, 7) is 12.9. The topological polar surface area (TPSA) is 262 Å². The lowest BCUT2D eigenvalue weighted by Gasteiger charge is -2.31. The summed E-state index contributed by atoms with van der Waals surface area (Å²) in [7, 11) is -4.50. The molecule has 248 valence electrons. The van der Waals surface area contributed by atoms with Crippen molar-refractivity contribution < 1.29 is 43.1 Å². The van der Waals surface area contributed by atoms with E-state index in [-0.39, 0.29) is 29.9 Å². The Kier molecular flexibility index (Phi) is 12.1. The lowest BCUT2D eigenvalue weighted by molar-refractivity contribution is -0.148. The van der Waals surface area contributed by atoms with Gasteiger partial charge in [0.25, 0.3) is 0 Å². The van der Waals surface area contributed by atoms with Gasteiger partial charge in [0, 0.05) is 11.1 Å². The molecule has 0 aromatic carbocycles. The second-order valence-electron chi connectivity index (χ2n) is 12.9. The molecule has 2 rings (SSSR count). The van der Waals surface area contributed by atoms with Crippen molar-refractivity contribution in [3.8, 4) is 0 Å². The molecule has 0 saturated carbocycles. The molecule has 44 heavy (non-hydrogen) atoms. The molecule has 18 nitrogen and oxygen atoms in total. The lowest BCUT2D eigenvalue weighted by atomic mass is 9.99. The van der Waals surface area contributed by atoms with E-state index < -0.39 is 68.2 Å². The molecule has 6 atom stereocenters. The van der Waals surface area contributed by atoms with Gasteiger partial charge in [-0.15, -0.1) is 0 Å². The van der Waals surface area contributed by atoms with Crippen LogP contribution in [0.4, 0.5) is 5.82 Å². The van der Waals surface area contributed by atoms with Gasteiger partial charge in [0.2, 0.25) is 5.72 Å². The van der Waals surface area contributed by atoms with Crippen molar-refractivity contribution in [1.29, 1.82) is 0 Å². The van der Waals surface area contributed by atoms with Gasteiger partial charge in [0.15, 0.2) is 6.23 Å². The second kappa shape index (κ2) is 14.3. The molecule has 1 saturated heterocycles. The van der Waals surface area contributed by atoms with E-state index in [1.54, 1.807) is 0 Å². The number of nitrogen functional groups attached to an aromatic ring is 1. The van der Waals surface area contributed by atoms with Gasteiger partial charge in [-0.25, -0.2) is 15.0 Å². The Morgan fingerprint density at radius 3 is 2.09 bits per heavy atom. The molecule has 1 aliphatic rings. The van der Waals surface area contributed by atoms with E-state index >= 15 is 0 Å². The maximum Gasteiger partial charge on any atom is 0.351 e. The Morgan fingerprint density at radius 2 is 1.66 bits per heavy atom. The van der Waals surface area contributed by atoms with Gasteiger partial charge >= 0.3 is 25.3 Å². The number of rotatable bonds is 13. The largest absolute Gasteiger partial charge is 0.464 e. The summed E-state index contributed by atoms with van der Waals surface area (Å²) < 4.78 is 36.7. The number of nitrogens with one attached hydrogen (secondary N) is 2. The van der Waals surface area contributed by atoms with E-state index in [0.29, 0.717) is 0 Å². The Hall–Kier alpha value is -3.08. The van der Waals surface area contributed by atoms with Crippen LogP contribution in [0.25, 0.3) is 10.4 Å². The summed E-state index contributed by atoms with van der Waals surface area (Å²) in [5.41, 5.74) is 10.7. The number of carbonyl (C=O) groups is 2. The van der Waals surface area contributed by atoms with Crippen LogP contribution in [0.15, 0.2) is 22.2 Å². The Labute approximate surface area is 254 Å². The number of aromatic nitrogens is 2. The van der Waals surface area contributed by atoms with Gasteiger partial charge in [-0.05, 0) is 36.3 Å². The highest BCUT2D eigenvalue weighted by Gasteiger charge is 2.56. The molecule has 0 bridgehead atoms. The molecule has 0 aliphatic carbocycles. The molecule has 1 aromatic rings. The van der Waals surface area contributed by atoms with E-state index in [2.05, 4.69) is 25.2 Å². The van der Waals surface area contributed by atoms with Crippen molar-refractivity contribution in [3.63, 3.8) is 0 Å². The van der Waals surface area contributed by atoms with Gasteiger partial charge in [0.05, 0.1) is 19.8 Å². The van der Waals surface area contributed by atoms with Crippen molar-refractivity contribution in [2.75, 3.05) is 25.6 Å². The molecule has 1 aliphatic heterocycles. The summed E-state index contributed by atoms with van der Waals surface area (Å²) in [4.78, 5) is 43.9. The highest BCUT2D eigenvalue weighted by Crippen LogP contribution is 2.45. The first kappa shape index (κ1) is 37.1. The minimum Gasteiger partial charge on any atom is -0.464 e. The Morgan fingerprint density at radius 1 is 1.16 bits per heavy atom. The van der Waals surface area contributed by atoms with Gasteiger partial charge in [-0.1, -0.05) is 46.7 Å². The number of nitrogens with zero attached hydrogens (tertiary/aromatic N) is 5. The fraction of sp³-hybridized carbons (Fsp3) is 0.760.